The number of rotatable bonds is 23. The van der Waals surface area contributed by atoms with Gasteiger partial charge < -0.3 is 71.8 Å². The fourth-order valence-corrected chi connectivity index (χ4v) is 7.64. The molecule has 11 amide bonds. The summed E-state index contributed by atoms with van der Waals surface area (Å²) in [5.41, 5.74) is 6.07. The van der Waals surface area contributed by atoms with Crippen molar-refractivity contribution in [1.82, 2.24) is 40.9 Å². The smallest absolute Gasteiger partial charge is 0.409 e. The molecular weight excluding hydrogens is 897 g/mol. The Bertz CT molecular complexity index is 2020. The van der Waals surface area contributed by atoms with E-state index in [2.05, 4.69) is 26.6 Å². The molecule has 0 spiro atoms. The lowest BCUT2D eigenvalue weighted by atomic mass is 9.92. The van der Waals surface area contributed by atoms with Gasteiger partial charge in [-0.3, -0.25) is 38.5 Å². The number of nitrogens with one attached hydrogen (secondary N) is 5. The maximum Gasteiger partial charge on any atom is 0.409 e. The number of aliphatic hydroxyl groups is 3. The number of primary amides is 1. The summed E-state index contributed by atoms with van der Waals surface area (Å²) in [7, 11) is 2.80. The van der Waals surface area contributed by atoms with Crippen LogP contribution in [-0.2, 0) is 49.6 Å². The highest BCUT2D eigenvalue weighted by Gasteiger charge is 2.55. The van der Waals surface area contributed by atoms with Crippen LogP contribution in [0.2, 0.25) is 0 Å². The van der Waals surface area contributed by atoms with Gasteiger partial charge in [0.25, 0.3) is 0 Å². The number of urea groups is 1. The van der Waals surface area contributed by atoms with E-state index in [-0.39, 0.29) is 81.5 Å². The minimum absolute atomic E-state index is 0.00764. The highest BCUT2D eigenvalue weighted by molar-refractivity contribution is 6.37. The van der Waals surface area contributed by atoms with Crippen LogP contribution in [0.25, 0.3) is 0 Å². The van der Waals surface area contributed by atoms with Crippen LogP contribution in [0.15, 0.2) is 24.3 Å². The summed E-state index contributed by atoms with van der Waals surface area (Å²) >= 11 is 0. The van der Waals surface area contributed by atoms with Crippen molar-refractivity contribution < 1.29 is 72.7 Å². The molecule has 3 aliphatic heterocycles. The van der Waals surface area contributed by atoms with Gasteiger partial charge in [-0.2, -0.15) is 0 Å². The van der Waals surface area contributed by atoms with Gasteiger partial charge in [-0.1, -0.05) is 39.3 Å². The van der Waals surface area contributed by atoms with Gasteiger partial charge >= 0.3 is 30.0 Å². The van der Waals surface area contributed by atoms with E-state index in [1.165, 1.54) is 23.9 Å². The first-order valence-electron chi connectivity index (χ1n) is 22.4. The fourth-order valence-electron chi connectivity index (χ4n) is 7.64. The number of carbonyl (C=O) groups is 10. The number of anilines is 1. The van der Waals surface area contributed by atoms with Crippen LogP contribution in [0, 0.1) is 11.8 Å². The number of imide groups is 1. The number of benzene rings is 1. The third-order valence-electron chi connectivity index (χ3n) is 11.8. The number of unbranched alkanes of at least 4 members (excludes halogenated alkanes) is 2. The molecule has 25 heteroatoms. The van der Waals surface area contributed by atoms with E-state index >= 15 is 0 Å². The molecule has 1 aromatic rings. The quantitative estimate of drug-likeness (QED) is 0.0327. The number of ether oxygens (including phenoxy) is 2. The lowest BCUT2D eigenvalue weighted by Crippen LogP contribution is -2.68. The summed E-state index contributed by atoms with van der Waals surface area (Å²) in [5, 5.41) is 43.7. The number of amides is 11. The summed E-state index contributed by atoms with van der Waals surface area (Å²) in [6, 6.07) is 2.14. The first-order chi connectivity index (χ1) is 32.1. The van der Waals surface area contributed by atoms with Crippen molar-refractivity contribution in [1.29, 1.82) is 0 Å². The fraction of sp³-hybridized carbons (Fsp3) is 0.628. The molecule has 8 atom stereocenters. The molecule has 3 heterocycles. The monoisotopic (exact) mass is 960 g/mol. The van der Waals surface area contributed by atoms with Gasteiger partial charge in [0, 0.05) is 64.7 Å². The van der Waals surface area contributed by atoms with Gasteiger partial charge in [0.05, 0.1) is 6.04 Å². The largest absolute Gasteiger partial charge is 0.447 e. The average Bonchev–Trinajstić information content (AvgIpc) is 3.73. The second kappa shape index (κ2) is 25.0. The number of likely N-dealkylation sites (N-methyl/N-ethyl adjacent to an activating group) is 2. The second-order valence-corrected chi connectivity index (χ2v) is 17.4. The Balaban J connectivity index is 1.22. The molecule has 3 fully saturated rings. The van der Waals surface area contributed by atoms with Crippen molar-refractivity contribution >= 4 is 65.3 Å². The second-order valence-electron chi connectivity index (χ2n) is 17.4. The molecule has 10 N–H and O–H groups in total. The summed E-state index contributed by atoms with van der Waals surface area (Å²) < 4.78 is 10.6. The van der Waals surface area contributed by atoms with Crippen molar-refractivity contribution in [3.63, 3.8) is 0 Å². The van der Waals surface area contributed by atoms with Crippen LogP contribution in [0.5, 0.6) is 0 Å². The van der Waals surface area contributed by atoms with E-state index in [1.807, 2.05) is 0 Å². The maximum absolute atomic E-state index is 13.5. The number of nitrogens with two attached hydrogens (primary N) is 1. The molecule has 0 radical (unpaired) electrons. The number of nitrogens with zero attached hydrogens (tertiary/aromatic N) is 4. The first-order valence-corrected chi connectivity index (χ1v) is 22.4. The Kier molecular flexibility index (Phi) is 19.8. The Labute approximate surface area is 392 Å². The molecule has 68 heavy (non-hydrogen) atoms. The summed E-state index contributed by atoms with van der Waals surface area (Å²) in [5.74, 6) is -4.74. The summed E-state index contributed by atoms with van der Waals surface area (Å²) in [6.45, 7) is 4.79. The van der Waals surface area contributed by atoms with Crippen molar-refractivity contribution in [3.05, 3.63) is 29.8 Å². The number of fused-ring (bicyclic) bond motifs is 1. The summed E-state index contributed by atoms with van der Waals surface area (Å²) in [4.78, 5) is 129. The topological polar surface area (TPSA) is 349 Å². The van der Waals surface area contributed by atoms with Gasteiger partial charge in [-0.05, 0) is 49.3 Å². The molecule has 4 rings (SSSR count). The third kappa shape index (κ3) is 14.7. The van der Waals surface area contributed by atoms with Gasteiger partial charge in [0.15, 0.2) is 0 Å². The minimum Gasteiger partial charge on any atom is -0.447 e. The number of carbonyl (C=O) groups excluding carboxylic acids is 10. The van der Waals surface area contributed by atoms with E-state index < -0.39 is 91.1 Å². The molecule has 0 aliphatic carbocycles. The standard InChI is InChI=1S/C43H64N10O15/c1-23(2)31(48-29(54)11-7-6-8-17-52-30(55)20-24(3)39(52)62)37(60)47-27(10-9-16-45-41(44)64)36(59)46-26-14-12-25(13-15-26)21-67-42(65)50(4)18-19-51(5)43(66)68-22-28-32(56)33(57)34(58)35-49-38(61)40(63)53(28)35/h12-15,23-24,27-28,31-35,56-58H,6-11,16-22H2,1-5H3,(H,46,59)(H,47,60)(H,48,54)(H,49,61)(H3,44,45,64)/t24?,27-,28+,31-,32+,33-,34-,35-/m0/s1. The number of likely N-dealkylation sites (tertiary alicyclic amines) is 1. The van der Waals surface area contributed by atoms with Gasteiger partial charge in [0.1, 0.15) is 49.8 Å². The van der Waals surface area contributed by atoms with Crippen LogP contribution >= 0.6 is 0 Å². The molecule has 3 saturated heterocycles. The number of hydrogen-bond donors (Lipinski definition) is 9. The molecule has 376 valence electrons. The zero-order valence-electron chi connectivity index (χ0n) is 38.8. The van der Waals surface area contributed by atoms with E-state index in [9.17, 15) is 63.3 Å². The first kappa shape index (κ1) is 54.0. The van der Waals surface area contributed by atoms with E-state index in [1.54, 1.807) is 45.0 Å². The number of aliphatic hydroxyl groups excluding tert-OH is 3. The summed E-state index contributed by atoms with van der Waals surface area (Å²) in [6.07, 6.45) is -5.84. The molecule has 0 aromatic heterocycles. The predicted octanol–water partition coefficient (Wildman–Crippen LogP) is -1.96. The molecule has 1 unspecified atom stereocenters. The number of hydrogen-bond acceptors (Lipinski definition) is 15. The SMILES string of the molecule is CC1CC(=O)N(CCCCCC(=O)N[C@H](C(=O)N[C@@H](CCCNC(N)=O)C(=O)Nc2ccc(COC(=O)N(C)CCN(C)C(=O)OC[C@@H]3[C@@H](O)[C@H](O)[C@H](O)[C@H]4NC(=O)C(=O)N34)cc2)C(C)C)C1=O. The van der Waals surface area contributed by atoms with Crippen LogP contribution in [0.3, 0.4) is 0 Å². The van der Waals surface area contributed by atoms with Crippen LogP contribution in [0.1, 0.15) is 71.3 Å². The Hall–Kier alpha value is -6.60. The predicted molar refractivity (Wildman–Crippen MR) is 237 cm³/mol. The Morgan fingerprint density at radius 2 is 1.50 bits per heavy atom. The Morgan fingerprint density at radius 1 is 0.853 bits per heavy atom. The number of piperidine rings is 1. The van der Waals surface area contributed by atoms with E-state index in [0.29, 0.717) is 37.1 Å². The van der Waals surface area contributed by atoms with Crippen LogP contribution in [-0.4, -0.2) is 184 Å². The normalized spacial score (nSPS) is 21.9. The van der Waals surface area contributed by atoms with Crippen molar-refractivity contribution in [2.45, 2.75) is 115 Å². The van der Waals surface area contributed by atoms with Crippen molar-refractivity contribution in [2.24, 2.45) is 17.6 Å². The lowest BCUT2D eigenvalue weighted by molar-refractivity contribution is -0.175. The van der Waals surface area contributed by atoms with Crippen LogP contribution in [0.4, 0.5) is 20.1 Å². The van der Waals surface area contributed by atoms with E-state index in [4.69, 9.17) is 15.2 Å². The Morgan fingerprint density at radius 3 is 2.10 bits per heavy atom. The zero-order valence-corrected chi connectivity index (χ0v) is 38.8. The highest BCUT2D eigenvalue weighted by atomic mass is 16.6. The van der Waals surface area contributed by atoms with Gasteiger partial charge in [0.2, 0.25) is 29.5 Å². The molecule has 0 saturated carbocycles. The molecule has 3 aliphatic rings. The third-order valence-corrected chi connectivity index (χ3v) is 11.8. The highest BCUT2D eigenvalue weighted by Crippen LogP contribution is 2.27. The van der Waals surface area contributed by atoms with Crippen molar-refractivity contribution in [3.8, 4) is 0 Å². The average molecular weight is 961 g/mol. The molecule has 25 nitrogen and oxygen atoms in total. The molecule has 0 bridgehead atoms. The van der Waals surface area contributed by atoms with E-state index in [0.717, 1.165) is 9.80 Å². The lowest BCUT2D eigenvalue weighted by Gasteiger charge is -2.44. The molecule has 1 aromatic carbocycles. The van der Waals surface area contributed by atoms with Crippen LogP contribution < -0.4 is 32.3 Å². The zero-order chi connectivity index (χ0) is 50.4. The minimum atomic E-state index is -1.74. The van der Waals surface area contributed by atoms with Crippen molar-refractivity contribution in [2.75, 3.05) is 52.2 Å². The maximum atomic E-state index is 13.5. The molecular formula is C43H64N10O15. The van der Waals surface area contributed by atoms with Gasteiger partial charge in [-0.15, -0.1) is 0 Å². The van der Waals surface area contributed by atoms with Gasteiger partial charge in [-0.25, -0.2) is 14.4 Å².